The third-order valence-electron chi connectivity index (χ3n) is 2.17. The van der Waals surface area contributed by atoms with Crippen LogP contribution in [0, 0.1) is 0 Å². The molecule has 0 radical (unpaired) electrons. The molecular weight excluding hydrogens is 188 g/mol. The van der Waals surface area contributed by atoms with Crippen molar-refractivity contribution in [2.75, 3.05) is 6.54 Å². The second-order valence-corrected chi connectivity index (χ2v) is 3.03. The minimum absolute atomic E-state index is 0.361. The van der Waals surface area contributed by atoms with Crippen LogP contribution in [0.3, 0.4) is 0 Å². The third-order valence-corrected chi connectivity index (χ3v) is 2.17. The molecule has 1 fully saturated rings. The molecule has 5 N–H and O–H groups in total. The summed E-state index contributed by atoms with van der Waals surface area (Å²) in [7, 11) is 0. The van der Waals surface area contributed by atoms with E-state index in [9.17, 15) is 14.4 Å². The van der Waals surface area contributed by atoms with E-state index in [1.807, 2.05) is 5.43 Å². The molecule has 14 heavy (non-hydrogen) atoms. The van der Waals surface area contributed by atoms with Crippen LogP contribution in [0.4, 0.5) is 0 Å². The first kappa shape index (κ1) is 10.5. The standard InChI is InChI=1S/C7H12N4O3/c8-5(12)7(14)11-3-1-2-4(11)6(13)10-9/h4H,1-3,9H2,(H2,8,12)(H,10,13). The number of amides is 3. The predicted octanol–water partition coefficient (Wildman–Crippen LogP) is -2.55. The van der Waals surface area contributed by atoms with E-state index in [0.717, 1.165) is 4.90 Å². The zero-order chi connectivity index (χ0) is 10.7. The van der Waals surface area contributed by atoms with Crippen LogP contribution in [0.5, 0.6) is 0 Å². The molecule has 1 unspecified atom stereocenters. The Morgan fingerprint density at radius 3 is 2.50 bits per heavy atom. The smallest absolute Gasteiger partial charge is 0.312 e. The van der Waals surface area contributed by atoms with E-state index < -0.39 is 23.8 Å². The van der Waals surface area contributed by atoms with Crippen LogP contribution in [0.1, 0.15) is 12.8 Å². The molecule has 78 valence electrons. The third kappa shape index (κ3) is 1.82. The summed E-state index contributed by atoms with van der Waals surface area (Å²) in [6.45, 7) is 0.361. The van der Waals surface area contributed by atoms with Crippen molar-refractivity contribution in [3.63, 3.8) is 0 Å². The average molecular weight is 200 g/mol. The summed E-state index contributed by atoms with van der Waals surface area (Å²) < 4.78 is 0. The van der Waals surface area contributed by atoms with Gasteiger partial charge in [0.1, 0.15) is 6.04 Å². The Kier molecular flexibility index (Phi) is 3.03. The Bertz CT molecular complexity index is 278. The molecule has 0 aromatic carbocycles. The van der Waals surface area contributed by atoms with Gasteiger partial charge in [-0.2, -0.15) is 0 Å². The van der Waals surface area contributed by atoms with Gasteiger partial charge in [0.15, 0.2) is 0 Å². The monoisotopic (exact) mass is 200 g/mol. The molecular formula is C7H12N4O3. The first-order valence-corrected chi connectivity index (χ1v) is 4.18. The number of likely N-dealkylation sites (tertiary alicyclic amines) is 1. The summed E-state index contributed by atoms with van der Waals surface area (Å²) in [6, 6.07) is -0.667. The number of primary amides is 1. The highest BCUT2D eigenvalue weighted by Gasteiger charge is 2.35. The van der Waals surface area contributed by atoms with Gasteiger partial charge in [0.05, 0.1) is 0 Å². The van der Waals surface area contributed by atoms with Crippen LogP contribution >= 0.6 is 0 Å². The van der Waals surface area contributed by atoms with Gasteiger partial charge in [-0.1, -0.05) is 0 Å². The van der Waals surface area contributed by atoms with Gasteiger partial charge in [-0.3, -0.25) is 19.8 Å². The Balaban J connectivity index is 2.73. The molecule has 0 aliphatic carbocycles. The van der Waals surface area contributed by atoms with Gasteiger partial charge in [0.2, 0.25) is 0 Å². The highest BCUT2D eigenvalue weighted by molar-refractivity contribution is 6.34. The van der Waals surface area contributed by atoms with E-state index in [4.69, 9.17) is 11.6 Å². The molecule has 3 amide bonds. The molecule has 1 atom stereocenters. The van der Waals surface area contributed by atoms with Crippen LogP contribution in [0.2, 0.25) is 0 Å². The van der Waals surface area contributed by atoms with Crippen LogP contribution in [0.15, 0.2) is 0 Å². The van der Waals surface area contributed by atoms with Gasteiger partial charge in [0.25, 0.3) is 5.91 Å². The average Bonchev–Trinajstić information content (AvgIpc) is 2.63. The molecule has 1 aliphatic rings. The Morgan fingerprint density at radius 1 is 1.36 bits per heavy atom. The first-order chi connectivity index (χ1) is 6.57. The van der Waals surface area contributed by atoms with Crippen LogP contribution in [-0.4, -0.2) is 35.2 Å². The maximum atomic E-state index is 11.2. The molecule has 0 spiro atoms. The Labute approximate surface area is 80.4 Å². The minimum Gasteiger partial charge on any atom is -0.361 e. The molecule has 0 bridgehead atoms. The summed E-state index contributed by atoms with van der Waals surface area (Å²) in [4.78, 5) is 34.1. The maximum Gasteiger partial charge on any atom is 0.312 e. The SMILES string of the molecule is NNC(=O)C1CCCN1C(=O)C(N)=O. The van der Waals surface area contributed by atoms with Crippen LogP contribution < -0.4 is 17.0 Å². The molecule has 7 heteroatoms. The molecule has 0 saturated carbocycles. The molecule has 1 saturated heterocycles. The molecule has 7 nitrogen and oxygen atoms in total. The summed E-state index contributed by atoms with van der Waals surface area (Å²) >= 11 is 0. The second kappa shape index (κ2) is 4.05. The van der Waals surface area contributed by atoms with Gasteiger partial charge in [0, 0.05) is 6.54 Å². The van der Waals surface area contributed by atoms with Crippen molar-refractivity contribution in [1.29, 1.82) is 0 Å². The number of nitrogens with two attached hydrogens (primary N) is 2. The summed E-state index contributed by atoms with van der Waals surface area (Å²) in [5.41, 5.74) is 6.77. The first-order valence-electron chi connectivity index (χ1n) is 4.18. The Hall–Kier alpha value is -1.63. The van der Waals surface area contributed by atoms with Crippen molar-refractivity contribution in [2.45, 2.75) is 18.9 Å². The quantitative estimate of drug-likeness (QED) is 0.187. The number of rotatable bonds is 1. The number of carbonyl (C=O) groups is 3. The zero-order valence-electron chi connectivity index (χ0n) is 7.53. The molecule has 1 heterocycles. The van der Waals surface area contributed by atoms with E-state index in [1.54, 1.807) is 0 Å². The van der Waals surface area contributed by atoms with Crippen molar-refractivity contribution < 1.29 is 14.4 Å². The van der Waals surface area contributed by atoms with Crippen molar-refractivity contribution in [3.8, 4) is 0 Å². The second-order valence-electron chi connectivity index (χ2n) is 3.03. The number of nitrogens with one attached hydrogen (secondary N) is 1. The highest BCUT2D eigenvalue weighted by atomic mass is 16.2. The number of nitrogens with zero attached hydrogens (tertiary/aromatic N) is 1. The summed E-state index contributed by atoms with van der Waals surface area (Å²) in [5.74, 6) is 2.57. The lowest BCUT2D eigenvalue weighted by atomic mass is 10.2. The molecule has 0 aromatic rings. The fourth-order valence-electron chi connectivity index (χ4n) is 1.52. The molecule has 1 rings (SSSR count). The normalized spacial score (nSPS) is 20.6. The fraction of sp³-hybridized carbons (Fsp3) is 0.571. The van der Waals surface area contributed by atoms with Crippen LogP contribution in [0.25, 0.3) is 0 Å². The molecule has 0 aromatic heterocycles. The van der Waals surface area contributed by atoms with E-state index in [0.29, 0.717) is 19.4 Å². The topological polar surface area (TPSA) is 119 Å². The van der Waals surface area contributed by atoms with Crippen molar-refractivity contribution in [1.82, 2.24) is 10.3 Å². The maximum absolute atomic E-state index is 11.2. The van der Waals surface area contributed by atoms with E-state index in [-0.39, 0.29) is 0 Å². The lowest BCUT2D eigenvalue weighted by Gasteiger charge is -2.21. The van der Waals surface area contributed by atoms with E-state index in [1.165, 1.54) is 0 Å². The summed E-state index contributed by atoms with van der Waals surface area (Å²) in [5, 5.41) is 0. The van der Waals surface area contributed by atoms with E-state index in [2.05, 4.69) is 0 Å². The van der Waals surface area contributed by atoms with Gasteiger partial charge < -0.3 is 10.6 Å². The van der Waals surface area contributed by atoms with Crippen molar-refractivity contribution in [3.05, 3.63) is 0 Å². The summed E-state index contributed by atoms with van der Waals surface area (Å²) in [6.07, 6.45) is 1.17. The number of hydrogen-bond acceptors (Lipinski definition) is 4. The lowest BCUT2D eigenvalue weighted by molar-refractivity contribution is -0.146. The minimum atomic E-state index is -1.05. The fourth-order valence-corrected chi connectivity index (χ4v) is 1.52. The number of hydrazine groups is 1. The highest BCUT2D eigenvalue weighted by Crippen LogP contribution is 2.16. The van der Waals surface area contributed by atoms with Gasteiger partial charge in [-0.15, -0.1) is 0 Å². The van der Waals surface area contributed by atoms with Gasteiger partial charge in [-0.05, 0) is 12.8 Å². The number of hydrogen-bond donors (Lipinski definition) is 3. The largest absolute Gasteiger partial charge is 0.361 e. The molecule has 1 aliphatic heterocycles. The van der Waals surface area contributed by atoms with E-state index >= 15 is 0 Å². The Morgan fingerprint density at radius 2 is 2.00 bits per heavy atom. The van der Waals surface area contributed by atoms with Crippen molar-refractivity contribution >= 4 is 17.7 Å². The zero-order valence-corrected chi connectivity index (χ0v) is 7.53. The van der Waals surface area contributed by atoms with Crippen molar-refractivity contribution in [2.24, 2.45) is 11.6 Å². The number of carbonyl (C=O) groups excluding carboxylic acids is 3. The van der Waals surface area contributed by atoms with Gasteiger partial charge >= 0.3 is 11.8 Å². The lowest BCUT2D eigenvalue weighted by Crippen LogP contribution is -2.51. The van der Waals surface area contributed by atoms with Gasteiger partial charge in [-0.25, -0.2) is 5.84 Å². The van der Waals surface area contributed by atoms with Crippen LogP contribution in [-0.2, 0) is 14.4 Å². The predicted molar refractivity (Wildman–Crippen MR) is 46.3 cm³/mol.